The lowest BCUT2D eigenvalue weighted by molar-refractivity contribution is -0.384. The van der Waals surface area contributed by atoms with Gasteiger partial charge in [0, 0.05) is 17.7 Å². The van der Waals surface area contributed by atoms with Crippen LogP contribution in [-0.4, -0.2) is 16.6 Å². The minimum Gasteiger partial charge on any atom is -0.321 e. The smallest absolute Gasteiger partial charge is 0.270 e. The number of non-ortho nitro benzene ring substituents is 1. The van der Waals surface area contributed by atoms with Crippen LogP contribution in [-0.2, 0) is 4.79 Å². The quantitative estimate of drug-likeness (QED) is 0.218. The number of ketones is 1. The molecular formula is C23H15N3O4. The summed E-state index contributed by atoms with van der Waals surface area (Å²) in [6.07, 6.45) is 1.42. The average Bonchev–Trinajstić information content (AvgIpc) is 2.78. The van der Waals surface area contributed by atoms with E-state index in [4.69, 9.17) is 0 Å². The van der Waals surface area contributed by atoms with Crippen LogP contribution in [0.25, 0.3) is 6.08 Å². The summed E-state index contributed by atoms with van der Waals surface area (Å²) in [4.78, 5) is 36.1. The van der Waals surface area contributed by atoms with E-state index in [1.165, 1.54) is 18.2 Å². The van der Waals surface area contributed by atoms with Gasteiger partial charge in [-0.15, -0.1) is 0 Å². The van der Waals surface area contributed by atoms with Gasteiger partial charge in [-0.3, -0.25) is 19.7 Å². The second-order valence-electron chi connectivity index (χ2n) is 6.22. The van der Waals surface area contributed by atoms with Crippen LogP contribution in [0.1, 0.15) is 21.5 Å². The monoisotopic (exact) mass is 397 g/mol. The summed E-state index contributed by atoms with van der Waals surface area (Å²) in [7, 11) is 0. The number of amides is 1. The maximum Gasteiger partial charge on any atom is 0.270 e. The van der Waals surface area contributed by atoms with E-state index in [-0.39, 0.29) is 22.5 Å². The zero-order valence-corrected chi connectivity index (χ0v) is 15.6. The third kappa shape index (κ3) is 4.64. The summed E-state index contributed by atoms with van der Waals surface area (Å²) >= 11 is 0. The van der Waals surface area contributed by atoms with Crippen LogP contribution in [0, 0.1) is 21.4 Å². The molecule has 0 aromatic heterocycles. The number of hydrogen-bond acceptors (Lipinski definition) is 5. The molecular weight excluding hydrogens is 382 g/mol. The van der Waals surface area contributed by atoms with Crippen molar-refractivity contribution in [2.75, 3.05) is 5.32 Å². The van der Waals surface area contributed by atoms with Crippen molar-refractivity contribution >= 4 is 29.1 Å². The van der Waals surface area contributed by atoms with Crippen molar-refractivity contribution < 1.29 is 14.5 Å². The minimum atomic E-state index is -0.725. The van der Waals surface area contributed by atoms with E-state index in [1.807, 2.05) is 12.1 Å². The summed E-state index contributed by atoms with van der Waals surface area (Å²) in [6, 6.07) is 22.4. The van der Waals surface area contributed by atoms with Crippen LogP contribution in [0.15, 0.2) is 84.4 Å². The predicted molar refractivity (Wildman–Crippen MR) is 112 cm³/mol. The average molecular weight is 397 g/mol. The first-order chi connectivity index (χ1) is 14.5. The number of anilines is 1. The molecule has 1 amide bonds. The highest BCUT2D eigenvalue weighted by molar-refractivity contribution is 6.16. The Morgan fingerprint density at radius 3 is 2.20 bits per heavy atom. The molecule has 146 valence electrons. The molecule has 0 radical (unpaired) electrons. The molecule has 1 N–H and O–H groups in total. The predicted octanol–water partition coefficient (Wildman–Crippen LogP) is 4.37. The molecule has 3 aromatic rings. The van der Waals surface area contributed by atoms with Crippen LogP contribution in [0.2, 0.25) is 0 Å². The Balaban J connectivity index is 1.98. The molecule has 7 heteroatoms. The summed E-state index contributed by atoms with van der Waals surface area (Å²) in [6.45, 7) is 0. The highest BCUT2D eigenvalue weighted by Crippen LogP contribution is 2.25. The standard InChI is InChI=1S/C23H15N3O4/c24-15-18(13-16-7-3-1-4-8-16)23(28)25-21-12-11-19(26(29)30)14-20(21)22(27)17-9-5-2-6-10-17/h1-14H,(H,25,28)/b18-13+. The fourth-order valence-corrected chi connectivity index (χ4v) is 2.74. The molecule has 0 atom stereocenters. The highest BCUT2D eigenvalue weighted by atomic mass is 16.6. The number of rotatable bonds is 6. The molecule has 0 spiro atoms. The highest BCUT2D eigenvalue weighted by Gasteiger charge is 2.20. The molecule has 0 saturated carbocycles. The van der Waals surface area contributed by atoms with Crippen molar-refractivity contribution in [2.24, 2.45) is 0 Å². The zero-order valence-electron chi connectivity index (χ0n) is 15.6. The number of nitriles is 1. The second-order valence-corrected chi connectivity index (χ2v) is 6.22. The Bertz CT molecular complexity index is 1180. The molecule has 0 fully saturated rings. The Morgan fingerprint density at radius 1 is 0.967 bits per heavy atom. The lowest BCUT2D eigenvalue weighted by Crippen LogP contribution is -2.16. The number of nitrogens with one attached hydrogen (secondary N) is 1. The van der Waals surface area contributed by atoms with E-state index < -0.39 is 16.6 Å². The van der Waals surface area contributed by atoms with Crippen LogP contribution in [0.4, 0.5) is 11.4 Å². The molecule has 0 bridgehead atoms. The largest absolute Gasteiger partial charge is 0.321 e. The molecule has 0 aliphatic rings. The van der Waals surface area contributed by atoms with Crippen LogP contribution < -0.4 is 5.32 Å². The first kappa shape index (κ1) is 20.2. The van der Waals surface area contributed by atoms with E-state index in [2.05, 4.69) is 5.32 Å². The van der Waals surface area contributed by atoms with Gasteiger partial charge in [-0.25, -0.2) is 0 Å². The molecule has 30 heavy (non-hydrogen) atoms. The summed E-state index contributed by atoms with van der Waals surface area (Å²) in [5.41, 5.74) is 0.557. The molecule has 0 aliphatic heterocycles. The van der Waals surface area contributed by atoms with Gasteiger partial charge in [-0.1, -0.05) is 60.7 Å². The molecule has 0 aliphatic carbocycles. The van der Waals surface area contributed by atoms with Crippen molar-refractivity contribution in [3.63, 3.8) is 0 Å². The fraction of sp³-hybridized carbons (Fsp3) is 0. The van der Waals surface area contributed by atoms with Gasteiger partial charge in [0.2, 0.25) is 0 Å². The molecule has 0 saturated heterocycles. The number of nitro benzene ring substituents is 1. The number of benzene rings is 3. The van der Waals surface area contributed by atoms with Gasteiger partial charge >= 0.3 is 0 Å². The van der Waals surface area contributed by atoms with Crippen molar-refractivity contribution in [3.8, 4) is 6.07 Å². The second kappa shape index (κ2) is 9.08. The minimum absolute atomic E-state index is 0.0410. The number of nitrogens with zero attached hydrogens (tertiary/aromatic N) is 2. The Kier molecular flexibility index (Phi) is 6.11. The Morgan fingerprint density at radius 2 is 1.60 bits per heavy atom. The Labute approximate surface area is 172 Å². The molecule has 0 unspecified atom stereocenters. The number of carbonyl (C=O) groups excluding carboxylic acids is 2. The fourth-order valence-electron chi connectivity index (χ4n) is 2.74. The summed E-state index contributed by atoms with van der Waals surface area (Å²) < 4.78 is 0. The summed E-state index contributed by atoms with van der Waals surface area (Å²) in [5, 5.41) is 23.1. The topological polar surface area (TPSA) is 113 Å². The van der Waals surface area contributed by atoms with Crippen LogP contribution >= 0.6 is 0 Å². The molecule has 3 rings (SSSR count). The SMILES string of the molecule is N#C/C(=C\c1ccccc1)C(=O)Nc1ccc([N+](=O)[O-])cc1C(=O)c1ccccc1. The van der Waals surface area contributed by atoms with Crippen molar-refractivity contribution in [2.45, 2.75) is 0 Å². The Hall–Kier alpha value is -4.57. The van der Waals surface area contributed by atoms with E-state index in [0.29, 0.717) is 11.1 Å². The van der Waals surface area contributed by atoms with E-state index in [1.54, 1.807) is 54.6 Å². The number of carbonyl (C=O) groups is 2. The zero-order chi connectivity index (χ0) is 21.5. The van der Waals surface area contributed by atoms with E-state index in [0.717, 1.165) is 6.07 Å². The van der Waals surface area contributed by atoms with Gasteiger partial charge in [-0.2, -0.15) is 5.26 Å². The van der Waals surface area contributed by atoms with Crippen molar-refractivity contribution in [3.05, 3.63) is 111 Å². The number of hydrogen-bond donors (Lipinski definition) is 1. The van der Waals surface area contributed by atoms with Crippen LogP contribution in [0.3, 0.4) is 0 Å². The number of nitro groups is 1. The van der Waals surface area contributed by atoms with E-state index >= 15 is 0 Å². The third-order valence-corrected chi connectivity index (χ3v) is 4.22. The maximum absolute atomic E-state index is 12.9. The van der Waals surface area contributed by atoms with Gasteiger partial charge < -0.3 is 5.32 Å². The van der Waals surface area contributed by atoms with Gasteiger partial charge in [0.1, 0.15) is 11.6 Å². The first-order valence-electron chi connectivity index (χ1n) is 8.86. The summed E-state index contributed by atoms with van der Waals surface area (Å²) in [5.74, 6) is -1.21. The van der Waals surface area contributed by atoms with Gasteiger partial charge in [0.25, 0.3) is 11.6 Å². The lowest BCUT2D eigenvalue weighted by Gasteiger charge is -2.10. The van der Waals surface area contributed by atoms with Gasteiger partial charge in [0.15, 0.2) is 5.78 Å². The maximum atomic E-state index is 12.9. The van der Waals surface area contributed by atoms with Crippen molar-refractivity contribution in [1.82, 2.24) is 0 Å². The first-order valence-corrected chi connectivity index (χ1v) is 8.86. The van der Waals surface area contributed by atoms with Crippen LogP contribution in [0.5, 0.6) is 0 Å². The molecule has 0 heterocycles. The molecule has 3 aromatic carbocycles. The molecule has 7 nitrogen and oxygen atoms in total. The normalized spacial score (nSPS) is 10.7. The van der Waals surface area contributed by atoms with Gasteiger partial charge in [-0.05, 0) is 17.7 Å². The van der Waals surface area contributed by atoms with E-state index in [9.17, 15) is 25.0 Å². The van der Waals surface area contributed by atoms with Gasteiger partial charge in [0.05, 0.1) is 16.2 Å². The van der Waals surface area contributed by atoms with Crippen molar-refractivity contribution in [1.29, 1.82) is 5.26 Å². The lowest BCUT2D eigenvalue weighted by atomic mass is 10.0. The third-order valence-electron chi connectivity index (χ3n) is 4.22.